The first-order valence-electron chi connectivity index (χ1n) is 6.10. The first kappa shape index (κ1) is 11.0. The summed E-state index contributed by atoms with van der Waals surface area (Å²) in [5.74, 6) is 1.05. The molecule has 0 aliphatic carbocycles. The highest BCUT2D eigenvalue weighted by Gasteiger charge is 2.17. The molecule has 1 fully saturated rings. The molecular weight excluding hydrogens is 230 g/mol. The van der Waals surface area contributed by atoms with Crippen molar-refractivity contribution in [2.24, 2.45) is 0 Å². The van der Waals surface area contributed by atoms with Gasteiger partial charge in [0.25, 0.3) is 0 Å². The molecule has 0 bridgehead atoms. The molecular formula is C13H17N3S. The summed E-state index contributed by atoms with van der Waals surface area (Å²) in [4.78, 5) is 6.86. The van der Waals surface area contributed by atoms with Crippen molar-refractivity contribution >= 4 is 27.2 Å². The maximum Gasteiger partial charge on any atom is 0.134 e. The number of hydrogen-bond donors (Lipinski definition) is 1. The van der Waals surface area contributed by atoms with Gasteiger partial charge in [-0.05, 0) is 50.5 Å². The van der Waals surface area contributed by atoms with E-state index in [-0.39, 0.29) is 0 Å². The van der Waals surface area contributed by atoms with Gasteiger partial charge < -0.3 is 10.2 Å². The van der Waals surface area contributed by atoms with Crippen LogP contribution in [0.3, 0.4) is 0 Å². The van der Waals surface area contributed by atoms with Crippen molar-refractivity contribution in [3.8, 4) is 0 Å². The Bertz CT molecular complexity index is 500. The normalized spacial score (nSPS) is 18.6. The number of anilines is 1. The van der Waals surface area contributed by atoms with Crippen molar-refractivity contribution in [1.29, 1.82) is 0 Å². The lowest BCUT2D eigenvalue weighted by Gasteiger charge is -2.29. The van der Waals surface area contributed by atoms with E-state index in [4.69, 9.17) is 0 Å². The topological polar surface area (TPSA) is 28.2 Å². The van der Waals surface area contributed by atoms with Gasteiger partial charge in [0.15, 0.2) is 0 Å². The molecule has 1 aliphatic rings. The van der Waals surface area contributed by atoms with Gasteiger partial charge in [0.2, 0.25) is 0 Å². The van der Waals surface area contributed by atoms with Gasteiger partial charge in [-0.2, -0.15) is 0 Å². The van der Waals surface area contributed by atoms with Crippen molar-refractivity contribution < 1.29 is 0 Å². The van der Waals surface area contributed by atoms with Crippen LogP contribution in [0.25, 0.3) is 10.1 Å². The number of hydrogen-bond acceptors (Lipinski definition) is 4. The number of thiophene rings is 1. The molecule has 4 heteroatoms. The predicted molar refractivity (Wildman–Crippen MR) is 73.8 cm³/mol. The van der Waals surface area contributed by atoms with E-state index in [2.05, 4.69) is 39.8 Å². The van der Waals surface area contributed by atoms with E-state index in [9.17, 15) is 0 Å². The summed E-state index contributed by atoms with van der Waals surface area (Å²) in [6.45, 7) is 2.36. The number of pyridine rings is 1. The zero-order chi connectivity index (χ0) is 11.7. The van der Waals surface area contributed by atoms with Crippen LogP contribution in [0.4, 0.5) is 5.82 Å². The molecule has 0 aromatic carbocycles. The molecule has 1 saturated heterocycles. The minimum atomic E-state index is 0.573. The summed E-state index contributed by atoms with van der Waals surface area (Å²) in [7, 11) is 2.19. The lowest BCUT2D eigenvalue weighted by molar-refractivity contribution is 0.264. The molecule has 3 nitrogen and oxygen atoms in total. The molecule has 0 radical (unpaired) electrons. The Kier molecular flexibility index (Phi) is 2.99. The average molecular weight is 247 g/mol. The Morgan fingerprint density at radius 3 is 3.00 bits per heavy atom. The van der Waals surface area contributed by atoms with Crippen molar-refractivity contribution in [3.63, 3.8) is 0 Å². The van der Waals surface area contributed by atoms with Gasteiger partial charge in [-0.1, -0.05) is 0 Å². The number of fused-ring (bicyclic) bond motifs is 1. The van der Waals surface area contributed by atoms with Gasteiger partial charge in [0.1, 0.15) is 5.82 Å². The summed E-state index contributed by atoms with van der Waals surface area (Å²) in [6, 6.07) is 4.81. The largest absolute Gasteiger partial charge is 0.367 e. The third-order valence-electron chi connectivity index (χ3n) is 3.44. The lowest BCUT2D eigenvalue weighted by atomic mass is 10.1. The number of likely N-dealkylation sites (tertiary alicyclic amines) is 1. The zero-order valence-electron chi connectivity index (χ0n) is 10.0. The van der Waals surface area contributed by atoms with Crippen LogP contribution in [0.5, 0.6) is 0 Å². The van der Waals surface area contributed by atoms with Crippen molar-refractivity contribution in [1.82, 2.24) is 9.88 Å². The maximum absolute atomic E-state index is 4.47. The smallest absolute Gasteiger partial charge is 0.134 e. The second kappa shape index (κ2) is 4.63. The first-order valence-corrected chi connectivity index (χ1v) is 6.98. The molecule has 1 aliphatic heterocycles. The monoisotopic (exact) mass is 247 g/mol. The predicted octanol–water partition coefficient (Wildman–Crippen LogP) is 2.80. The molecule has 2 aromatic heterocycles. The Hall–Kier alpha value is -1.13. The maximum atomic E-state index is 4.47. The number of nitrogens with one attached hydrogen (secondary N) is 1. The summed E-state index contributed by atoms with van der Waals surface area (Å²) in [6.07, 6.45) is 4.31. The molecule has 0 atom stereocenters. The summed E-state index contributed by atoms with van der Waals surface area (Å²) in [5.41, 5.74) is 0. The second-order valence-electron chi connectivity index (χ2n) is 4.71. The molecule has 90 valence electrons. The molecule has 3 rings (SSSR count). The Morgan fingerprint density at radius 2 is 2.18 bits per heavy atom. The molecule has 3 heterocycles. The van der Waals surface area contributed by atoms with Crippen LogP contribution in [-0.4, -0.2) is 36.1 Å². The quantitative estimate of drug-likeness (QED) is 0.884. The average Bonchev–Trinajstić information content (AvgIpc) is 2.81. The number of aromatic nitrogens is 1. The fourth-order valence-corrected chi connectivity index (χ4v) is 3.14. The van der Waals surface area contributed by atoms with Crippen molar-refractivity contribution in [2.75, 3.05) is 25.5 Å². The molecule has 0 saturated carbocycles. The molecule has 2 aromatic rings. The van der Waals surface area contributed by atoms with Crippen molar-refractivity contribution in [3.05, 3.63) is 23.7 Å². The van der Waals surface area contributed by atoms with E-state index in [0.717, 1.165) is 5.82 Å². The summed E-state index contributed by atoms with van der Waals surface area (Å²) < 4.78 is 1.32. The highest BCUT2D eigenvalue weighted by molar-refractivity contribution is 7.17. The lowest BCUT2D eigenvalue weighted by Crippen LogP contribution is -2.36. The van der Waals surface area contributed by atoms with E-state index < -0.39 is 0 Å². The molecule has 1 N–H and O–H groups in total. The number of piperidine rings is 1. The van der Waals surface area contributed by atoms with E-state index in [1.807, 2.05) is 6.20 Å². The van der Waals surface area contributed by atoms with Crippen LogP contribution in [0, 0.1) is 0 Å². The van der Waals surface area contributed by atoms with E-state index in [1.54, 1.807) is 11.3 Å². The van der Waals surface area contributed by atoms with Crippen molar-refractivity contribution in [2.45, 2.75) is 18.9 Å². The molecule has 0 spiro atoms. The van der Waals surface area contributed by atoms with Crippen LogP contribution in [0.2, 0.25) is 0 Å². The highest BCUT2D eigenvalue weighted by atomic mass is 32.1. The van der Waals surface area contributed by atoms with Crippen LogP contribution < -0.4 is 5.32 Å². The third kappa shape index (κ3) is 2.28. The van der Waals surface area contributed by atoms with Gasteiger partial charge in [-0.3, -0.25) is 0 Å². The van der Waals surface area contributed by atoms with Crippen LogP contribution >= 0.6 is 11.3 Å². The van der Waals surface area contributed by atoms with E-state index in [1.165, 1.54) is 36.0 Å². The van der Waals surface area contributed by atoms with E-state index in [0.29, 0.717) is 6.04 Å². The SMILES string of the molecule is CN1CCC(Nc2nccc3sccc23)CC1. The fraction of sp³-hybridized carbons (Fsp3) is 0.462. The summed E-state index contributed by atoms with van der Waals surface area (Å²) >= 11 is 1.78. The first-order chi connectivity index (χ1) is 8.33. The Morgan fingerprint density at radius 1 is 1.35 bits per heavy atom. The highest BCUT2D eigenvalue weighted by Crippen LogP contribution is 2.27. The minimum Gasteiger partial charge on any atom is -0.367 e. The number of nitrogens with zero attached hydrogens (tertiary/aromatic N) is 2. The van der Waals surface area contributed by atoms with E-state index >= 15 is 0 Å². The van der Waals surface area contributed by atoms with Gasteiger partial charge in [0, 0.05) is 22.3 Å². The molecule has 17 heavy (non-hydrogen) atoms. The van der Waals surface area contributed by atoms with Gasteiger partial charge >= 0.3 is 0 Å². The molecule has 0 amide bonds. The third-order valence-corrected chi connectivity index (χ3v) is 4.32. The number of rotatable bonds is 2. The Labute approximate surface area is 105 Å². The van der Waals surface area contributed by atoms with Crippen LogP contribution in [0.15, 0.2) is 23.7 Å². The van der Waals surface area contributed by atoms with Gasteiger partial charge in [-0.15, -0.1) is 11.3 Å². The summed E-state index contributed by atoms with van der Waals surface area (Å²) in [5, 5.41) is 6.99. The van der Waals surface area contributed by atoms with Crippen LogP contribution in [-0.2, 0) is 0 Å². The fourth-order valence-electron chi connectivity index (χ4n) is 2.36. The second-order valence-corrected chi connectivity index (χ2v) is 5.66. The minimum absolute atomic E-state index is 0.573. The zero-order valence-corrected chi connectivity index (χ0v) is 10.8. The van der Waals surface area contributed by atoms with Crippen LogP contribution in [0.1, 0.15) is 12.8 Å². The molecule has 0 unspecified atom stereocenters. The van der Waals surface area contributed by atoms with Gasteiger partial charge in [0.05, 0.1) is 0 Å². The standard InChI is InChI=1S/C13H17N3S/c1-16-7-3-10(4-8-16)15-13-11-5-9-17-12(11)2-6-14-13/h2,5-6,9-10H,3-4,7-8H2,1H3,(H,14,15). The Balaban J connectivity index is 1.78. The van der Waals surface area contributed by atoms with Gasteiger partial charge in [-0.25, -0.2) is 4.98 Å².